The second-order valence-electron chi connectivity index (χ2n) is 29.0. The van der Waals surface area contributed by atoms with Crippen molar-refractivity contribution in [2.75, 3.05) is 33.5 Å². The number of esters is 1. The lowest BCUT2D eigenvalue weighted by Crippen LogP contribution is -2.68. The average Bonchev–Trinajstić information content (AvgIpc) is 0.680. The Balaban J connectivity index is 0.902. The van der Waals surface area contributed by atoms with Gasteiger partial charge in [0.05, 0.1) is 51.8 Å². The highest BCUT2D eigenvalue weighted by Gasteiger charge is 2.70. The van der Waals surface area contributed by atoms with E-state index in [1.54, 1.807) is 0 Å². The molecule has 500 valence electrons. The number of rotatable bonds is 14. The summed E-state index contributed by atoms with van der Waals surface area (Å²) in [5.41, 5.74) is -1.37. The summed E-state index contributed by atoms with van der Waals surface area (Å²) in [5.74, 6) is -1.10. The van der Waals surface area contributed by atoms with Crippen molar-refractivity contribution >= 4 is 5.97 Å². The minimum Gasteiger partial charge on any atom is -0.467 e. The third-order valence-electron chi connectivity index (χ3n) is 23.5. The summed E-state index contributed by atoms with van der Waals surface area (Å²) in [5, 5.41) is 164. The second kappa shape index (κ2) is 25.2. The lowest BCUT2D eigenvalue weighted by Gasteiger charge is -2.72. The van der Waals surface area contributed by atoms with E-state index in [-0.39, 0.29) is 47.2 Å². The van der Waals surface area contributed by atoms with Crippen LogP contribution in [-0.4, -0.2) is 276 Å². The normalized spacial score (nSPS) is 55.1. The van der Waals surface area contributed by atoms with Crippen LogP contribution in [0.3, 0.4) is 0 Å². The van der Waals surface area contributed by atoms with Crippen molar-refractivity contribution < 1.29 is 133 Å². The van der Waals surface area contributed by atoms with Crippen LogP contribution in [0.1, 0.15) is 113 Å². The molecular weight excluding hydrogens is 1150 g/mol. The molecule has 1 unspecified atom stereocenters. The van der Waals surface area contributed by atoms with Crippen molar-refractivity contribution in [3.8, 4) is 0 Å². The van der Waals surface area contributed by atoms with Crippen molar-refractivity contribution in [1.29, 1.82) is 0 Å². The molecule has 4 saturated carbocycles. The monoisotopic (exact) mass is 1250 g/mol. The summed E-state index contributed by atoms with van der Waals surface area (Å²) >= 11 is 0. The maximum Gasteiger partial charge on any atom is 0.337 e. The maximum absolute atomic E-state index is 13.2. The van der Waals surface area contributed by atoms with E-state index in [1.165, 1.54) is 12.5 Å². The first-order valence-corrected chi connectivity index (χ1v) is 31.1. The molecule has 87 heavy (non-hydrogen) atoms. The van der Waals surface area contributed by atoms with Crippen molar-refractivity contribution in [3.63, 3.8) is 0 Å². The molecule has 0 amide bonds. The first-order valence-electron chi connectivity index (χ1n) is 31.1. The number of hydrogen-bond acceptors (Lipinski definition) is 27. The van der Waals surface area contributed by atoms with Gasteiger partial charge in [0, 0.05) is 10.8 Å². The van der Waals surface area contributed by atoms with Crippen molar-refractivity contribution in [2.45, 2.75) is 273 Å². The Bertz CT molecular complexity index is 2420. The molecule has 0 aromatic carbocycles. The lowest BCUT2D eigenvalue weighted by molar-refractivity contribution is -0.396. The summed E-state index contributed by atoms with van der Waals surface area (Å²) in [6, 6.07) is 0. The zero-order valence-corrected chi connectivity index (χ0v) is 51.1. The fourth-order valence-electron chi connectivity index (χ4n) is 17.9. The number of allylic oxidation sites excluding steroid dienone is 2. The summed E-state index contributed by atoms with van der Waals surface area (Å²) in [6.07, 6.45) is -32.8. The van der Waals surface area contributed by atoms with Crippen LogP contribution in [0.2, 0.25) is 0 Å². The molecule has 0 radical (unpaired) electrons. The number of fused-ring (bicyclic) bond motifs is 7. The minimum absolute atomic E-state index is 0.0268. The van der Waals surface area contributed by atoms with Gasteiger partial charge in [0.25, 0.3) is 0 Å². The van der Waals surface area contributed by atoms with Crippen LogP contribution in [0.15, 0.2) is 11.6 Å². The van der Waals surface area contributed by atoms with Gasteiger partial charge in [-0.2, -0.15) is 0 Å². The molecule has 5 aliphatic carbocycles. The molecule has 0 spiro atoms. The van der Waals surface area contributed by atoms with Crippen LogP contribution in [0.25, 0.3) is 0 Å². The van der Waals surface area contributed by atoms with Gasteiger partial charge in [-0.25, -0.2) is 4.79 Å². The smallest absolute Gasteiger partial charge is 0.337 e. The summed E-state index contributed by atoms with van der Waals surface area (Å²) in [6.45, 7) is 14.9. The van der Waals surface area contributed by atoms with E-state index in [0.717, 1.165) is 39.2 Å². The third kappa shape index (κ3) is 11.4. The number of ether oxygens (including phenoxy) is 11. The van der Waals surface area contributed by atoms with Gasteiger partial charge in [-0.15, -0.1) is 0 Å². The molecule has 5 heterocycles. The van der Waals surface area contributed by atoms with E-state index in [0.29, 0.717) is 25.7 Å². The lowest BCUT2D eigenvalue weighted by atomic mass is 9.33. The molecule has 0 aromatic rings. The quantitative estimate of drug-likeness (QED) is 0.0471. The van der Waals surface area contributed by atoms with Gasteiger partial charge in [0.1, 0.15) is 104 Å². The fourth-order valence-corrected chi connectivity index (χ4v) is 17.9. The number of aliphatic hydroxyl groups is 15. The Morgan fingerprint density at radius 3 is 1.71 bits per heavy atom. The first kappa shape index (κ1) is 68.1. The number of methoxy groups -OCH3 is 1. The Morgan fingerprint density at radius 1 is 0.540 bits per heavy atom. The molecule has 5 saturated heterocycles. The molecule has 10 rings (SSSR count). The summed E-state index contributed by atoms with van der Waals surface area (Å²) in [7, 11) is 1.07. The predicted molar refractivity (Wildman–Crippen MR) is 294 cm³/mol. The van der Waals surface area contributed by atoms with Gasteiger partial charge in [0.15, 0.2) is 37.6 Å². The van der Waals surface area contributed by atoms with Crippen molar-refractivity contribution in [3.05, 3.63) is 11.6 Å². The van der Waals surface area contributed by atoms with Crippen LogP contribution in [0, 0.1) is 50.2 Å². The van der Waals surface area contributed by atoms with E-state index in [9.17, 15) is 81.4 Å². The van der Waals surface area contributed by atoms with Crippen LogP contribution < -0.4 is 0 Å². The molecule has 9 fully saturated rings. The van der Waals surface area contributed by atoms with Crippen LogP contribution >= 0.6 is 0 Å². The second-order valence-corrected chi connectivity index (χ2v) is 29.0. The highest BCUT2D eigenvalue weighted by molar-refractivity contribution is 5.75. The highest BCUT2D eigenvalue weighted by atomic mass is 16.8. The van der Waals surface area contributed by atoms with Gasteiger partial charge in [-0.3, -0.25) is 0 Å². The minimum atomic E-state index is -2.01. The molecule has 27 nitrogen and oxygen atoms in total. The predicted octanol–water partition coefficient (Wildman–Crippen LogP) is -2.92. The molecule has 5 aliphatic heterocycles. The van der Waals surface area contributed by atoms with Gasteiger partial charge in [-0.1, -0.05) is 60.1 Å². The topological polar surface area (TPSA) is 422 Å². The van der Waals surface area contributed by atoms with Crippen molar-refractivity contribution in [2.24, 2.45) is 50.2 Å². The zero-order chi connectivity index (χ0) is 63.6. The number of carbonyl (C=O) groups is 1. The Hall–Kier alpha value is -1.79. The van der Waals surface area contributed by atoms with Gasteiger partial charge in [0.2, 0.25) is 0 Å². The van der Waals surface area contributed by atoms with Crippen LogP contribution in [0.5, 0.6) is 0 Å². The molecule has 34 atom stereocenters. The number of hydrogen-bond donors (Lipinski definition) is 15. The highest BCUT2D eigenvalue weighted by Crippen LogP contribution is 2.76. The van der Waals surface area contributed by atoms with E-state index in [4.69, 9.17) is 52.1 Å². The van der Waals surface area contributed by atoms with E-state index in [2.05, 4.69) is 47.6 Å². The van der Waals surface area contributed by atoms with Crippen LogP contribution in [0.4, 0.5) is 0 Å². The fraction of sp³-hybridized carbons (Fsp3) is 0.950. The molecular formula is C60H98O27. The third-order valence-corrected chi connectivity index (χ3v) is 23.5. The van der Waals surface area contributed by atoms with E-state index < -0.39 is 195 Å². The molecule has 0 bridgehead atoms. The largest absolute Gasteiger partial charge is 0.467 e. The molecule has 27 heteroatoms. The Labute approximate surface area is 506 Å². The molecule has 15 N–H and O–H groups in total. The van der Waals surface area contributed by atoms with E-state index >= 15 is 0 Å². The summed E-state index contributed by atoms with van der Waals surface area (Å²) < 4.78 is 66.7. The maximum atomic E-state index is 13.2. The number of carbonyl (C=O) groups excluding carboxylic acids is 1. The van der Waals surface area contributed by atoms with Crippen LogP contribution in [-0.2, 0) is 56.9 Å². The molecule has 10 aliphatic rings. The Kier molecular flexibility index (Phi) is 19.7. The summed E-state index contributed by atoms with van der Waals surface area (Å²) in [4.78, 5) is 13.2. The first-order chi connectivity index (χ1) is 40.8. The van der Waals surface area contributed by atoms with Gasteiger partial charge in [-0.05, 0) is 104 Å². The SMILES string of the molecule is COC(=O)[C@H]1O[C@@H](O[C@H]2CC[C@@]3(C)C(CC[C@]4(C)[C@@H]3CC=C3[C@@H]5CC(C)(C)C[C@@H](O[C@@H]6OC[C@@H](O)[C@H](O)[C@H]6O[C@@H]6O[C@H](CO)[C@@H](O)[C@H](O)[C@H]6O)[C@]5(C)CC[C@]34C)[C@@]2(C)CO)[C@H](O[C@@H]2O[C@H](CO)[C@H](O)[C@H](O)[C@H]2O[C@@H]2O[C@@H](C)[C@H](O)[C@@H](O)[C@H]2O)[C@@H](O)[C@@H]1O. The standard InChI is InChI=1S/C60H98O27/c1-24-34(65)38(69)43(74)50(79-24)86-47-40(71)37(68)29(21-62)81-53(47)87-48-42(73)41(72)45(49(76)77-9)84-54(48)82-32-13-14-57(5)30(58(32,6)23-63)12-15-60(8)31(57)11-10-25-26-18-55(2,3)19-33(56(26,4)16-17-59(25,60)7)83-52-46(35(66)27(64)22-78-52)85-51-44(75)39(70)36(67)28(20-61)80-51/h10,24,26-48,50-54,61-75H,11-23H2,1-9H3/t24-,26-,27+,28+,29+,30?,31+,32-,33+,34-,35-,36+,37-,38+,39-,40-,41-,42-,43+,44+,45-,46+,47+,48+,50-,51-,52-,53-,54+,56+,57-,58+,59+,60+/m0/s1. The van der Waals surface area contributed by atoms with E-state index in [1.807, 2.05) is 6.92 Å². The van der Waals surface area contributed by atoms with Crippen molar-refractivity contribution in [1.82, 2.24) is 0 Å². The number of aliphatic hydroxyl groups excluding tert-OH is 15. The zero-order valence-electron chi connectivity index (χ0n) is 51.1. The van der Waals surface area contributed by atoms with Gasteiger partial charge < -0.3 is 129 Å². The molecule has 0 aromatic heterocycles. The van der Waals surface area contributed by atoms with Gasteiger partial charge >= 0.3 is 5.97 Å². The Morgan fingerprint density at radius 2 is 1.09 bits per heavy atom. The average molecular weight is 1250 g/mol.